The van der Waals surface area contributed by atoms with Crippen LogP contribution in [0.25, 0.3) is 22.9 Å². The van der Waals surface area contributed by atoms with Crippen molar-refractivity contribution in [1.82, 2.24) is 24.9 Å². The third-order valence-electron chi connectivity index (χ3n) is 6.71. The minimum absolute atomic E-state index is 0.0599. The number of amides is 2. The number of aromatic nitrogens is 4. The van der Waals surface area contributed by atoms with Gasteiger partial charge in [0.25, 0.3) is 5.91 Å². The molecule has 9 nitrogen and oxygen atoms in total. The van der Waals surface area contributed by atoms with Gasteiger partial charge < -0.3 is 11.1 Å². The molecule has 37 heavy (non-hydrogen) atoms. The van der Waals surface area contributed by atoms with Gasteiger partial charge in [-0.25, -0.2) is 4.98 Å². The lowest BCUT2D eigenvalue weighted by atomic mass is 9.96. The molecule has 0 atom stereocenters. The molecule has 2 aromatic carbocycles. The first kappa shape index (κ1) is 23.1. The summed E-state index contributed by atoms with van der Waals surface area (Å²) in [6.45, 7) is 0.521. The highest BCUT2D eigenvalue weighted by Gasteiger charge is 2.26. The highest BCUT2D eigenvalue weighted by molar-refractivity contribution is 6.15. The first-order chi connectivity index (χ1) is 18.1. The van der Waals surface area contributed by atoms with E-state index >= 15 is 0 Å². The van der Waals surface area contributed by atoms with Crippen LogP contribution in [0.2, 0.25) is 0 Å². The normalized spacial score (nSPS) is 16.5. The van der Waals surface area contributed by atoms with Crippen LogP contribution >= 0.6 is 0 Å². The van der Waals surface area contributed by atoms with Crippen LogP contribution in [0.3, 0.4) is 0 Å². The van der Waals surface area contributed by atoms with Gasteiger partial charge in [0, 0.05) is 30.1 Å². The summed E-state index contributed by atoms with van der Waals surface area (Å²) in [6, 6.07) is 17.1. The lowest BCUT2D eigenvalue weighted by Gasteiger charge is -2.12. The second kappa shape index (κ2) is 9.59. The second-order valence-electron chi connectivity index (χ2n) is 9.50. The summed E-state index contributed by atoms with van der Waals surface area (Å²) >= 11 is 0. The van der Waals surface area contributed by atoms with Gasteiger partial charge in [0.1, 0.15) is 5.82 Å². The Morgan fingerprint density at radius 2 is 1.86 bits per heavy atom. The van der Waals surface area contributed by atoms with E-state index < -0.39 is 0 Å². The van der Waals surface area contributed by atoms with Crippen molar-refractivity contribution in [2.45, 2.75) is 44.7 Å². The van der Waals surface area contributed by atoms with E-state index in [0.29, 0.717) is 47.6 Å². The summed E-state index contributed by atoms with van der Waals surface area (Å²) in [5.74, 6) is 0.669. The van der Waals surface area contributed by atoms with Crippen molar-refractivity contribution < 1.29 is 9.59 Å². The largest absolute Gasteiger partial charge is 0.351 e. The summed E-state index contributed by atoms with van der Waals surface area (Å²) in [4.78, 5) is 33.4. The molecule has 2 amide bonds. The van der Waals surface area contributed by atoms with E-state index in [4.69, 9.17) is 15.7 Å². The fourth-order valence-electron chi connectivity index (χ4n) is 4.55. The van der Waals surface area contributed by atoms with Gasteiger partial charge in [-0.2, -0.15) is 14.6 Å². The van der Waals surface area contributed by atoms with E-state index in [-0.39, 0.29) is 18.2 Å². The van der Waals surface area contributed by atoms with Gasteiger partial charge in [0.05, 0.1) is 12.6 Å². The number of benzene rings is 2. The molecule has 0 bridgehead atoms. The molecule has 1 aliphatic carbocycles. The molecule has 6 rings (SSSR count). The number of nitrogens with zero attached hydrogens (tertiary/aromatic N) is 4. The van der Waals surface area contributed by atoms with E-state index in [9.17, 15) is 9.59 Å². The highest BCUT2D eigenvalue weighted by Crippen LogP contribution is 2.27. The van der Waals surface area contributed by atoms with Gasteiger partial charge in [0.2, 0.25) is 11.9 Å². The number of aryl methyl sites for hydroxylation is 2. The summed E-state index contributed by atoms with van der Waals surface area (Å²) in [5.41, 5.74) is 12.1. The van der Waals surface area contributed by atoms with Gasteiger partial charge >= 0.3 is 0 Å². The van der Waals surface area contributed by atoms with Gasteiger partial charge in [-0.15, -0.1) is 0 Å². The van der Waals surface area contributed by atoms with E-state index in [1.165, 1.54) is 11.1 Å². The number of carbonyl (C=O) groups excluding carboxylic acids is 2. The van der Waals surface area contributed by atoms with Gasteiger partial charge in [-0.05, 0) is 47.6 Å². The minimum Gasteiger partial charge on any atom is -0.351 e. The molecule has 2 aliphatic rings. The number of imide groups is 1. The number of nitrogens with two attached hydrogens (primary N) is 1. The van der Waals surface area contributed by atoms with Gasteiger partial charge in [-0.3, -0.25) is 14.9 Å². The van der Waals surface area contributed by atoms with Crippen LogP contribution < -0.4 is 16.4 Å². The first-order valence-electron chi connectivity index (χ1n) is 12.5. The van der Waals surface area contributed by atoms with Gasteiger partial charge in [0.15, 0.2) is 5.65 Å². The van der Waals surface area contributed by atoms with E-state index in [1.54, 1.807) is 16.8 Å². The second-order valence-corrected chi connectivity index (χ2v) is 9.50. The van der Waals surface area contributed by atoms with Crippen molar-refractivity contribution >= 4 is 29.5 Å². The Balaban J connectivity index is 1.32. The maximum Gasteiger partial charge on any atom is 0.254 e. The van der Waals surface area contributed by atoms with Crippen LogP contribution in [0.4, 0.5) is 5.95 Å². The Morgan fingerprint density at radius 3 is 2.59 bits per heavy atom. The molecule has 186 valence electrons. The lowest BCUT2D eigenvalue weighted by Crippen LogP contribution is -2.19. The van der Waals surface area contributed by atoms with E-state index in [2.05, 4.69) is 52.1 Å². The predicted molar refractivity (Wildman–Crippen MR) is 140 cm³/mol. The van der Waals surface area contributed by atoms with Crippen molar-refractivity contribution in [3.8, 4) is 11.1 Å². The van der Waals surface area contributed by atoms with Crippen LogP contribution in [0.5, 0.6) is 0 Å². The number of nitrogens with one attached hydrogen (secondary N) is 2. The third kappa shape index (κ3) is 4.85. The summed E-state index contributed by atoms with van der Waals surface area (Å²) in [7, 11) is 0. The van der Waals surface area contributed by atoms with Crippen LogP contribution in [0, 0.1) is 0 Å². The Bertz CT molecular complexity index is 1530. The molecule has 1 saturated heterocycles. The standard InChI is InChI=1S/C28H27N7O2/c29-15-17-5-7-19(8-6-17)23-4-2-1-3-18(23)9-12-24-32-26-21(13-20-14-25(36)34-27(20)37)16-30-35(26)28(33-24)31-22-10-11-22/h1-8,13,16,22H,9-12,14-15,29H2,(H,31,32,33)(H,34,36,37)/b20-13+. The molecule has 0 unspecified atom stereocenters. The van der Waals surface area contributed by atoms with Crippen molar-refractivity contribution in [1.29, 1.82) is 0 Å². The zero-order valence-corrected chi connectivity index (χ0v) is 20.3. The molecule has 0 spiro atoms. The van der Waals surface area contributed by atoms with Crippen molar-refractivity contribution in [3.05, 3.63) is 82.8 Å². The summed E-state index contributed by atoms with van der Waals surface area (Å²) < 4.78 is 1.68. The quantitative estimate of drug-likeness (QED) is 0.254. The molecule has 4 aromatic rings. The Morgan fingerprint density at radius 1 is 1.05 bits per heavy atom. The zero-order chi connectivity index (χ0) is 25.4. The molecule has 2 aromatic heterocycles. The van der Waals surface area contributed by atoms with Crippen LogP contribution in [0.15, 0.2) is 60.3 Å². The lowest BCUT2D eigenvalue weighted by molar-refractivity contribution is -0.124. The average molecular weight is 494 g/mol. The molecular weight excluding hydrogens is 466 g/mol. The molecule has 3 heterocycles. The van der Waals surface area contributed by atoms with E-state index in [1.807, 2.05) is 12.1 Å². The maximum atomic E-state index is 12.1. The SMILES string of the molecule is NCc1ccc(-c2ccccc2CCc2nc(NC3CC3)n3ncc(/C=C4\CC(=O)NC4=O)c3n2)cc1. The van der Waals surface area contributed by atoms with Crippen LogP contribution in [-0.2, 0) is 29.0 Å². The molecule has 4 N–H and O–H groups in total. The summed E-state index contributed by atoms with van der Waals surface area (Å²) in [5, 5.41) is 10.2. The van der Waals surface area contributed by atoms with Crippen molar-refractivity contribution in [2.24, 2.45) is 5.73 Å². The molecular formula is C28H27N7O2. The number of fused-ring (bicyclic) bond motifs is 1. The Labute approximate surface area is 213 Å². The average Bonchev–Trinajstić information content (AvgIpc) is 3.55. The maximum absolute atomic E-state index is 12.1. The molecule has 2 fully saturated rings. The zero-order valence-electron chi connectivity index (χ0n) is 20.3. The number of carbonyl (C=O) groups is 2. The van der Waals surface area contributed by atoms with Crippen molar-refractivity contribution in [2.75, 3.05) is 5.32 Å². The number of hydrogen-bond acceptors (Lipinski definition) is 7. The topological polar surface area (TPSA) is 127 Å². The third-order valence-corrected chi connectivity index (χ3v) is 6.71. The van der Waals surface area contributed by atoms with Crippen LogP contribution in [-0.4, -0.2) is 37.4 Å². The Kier molecular flexibility index (Phi) is 5.97. The number of hydrogen-bond donors (Lipinski definition) is 3. The fourth-order valence-corrected chi connectivity index (χ4v) is 4.55. The Hall–Kier alpha value is -4.37. The molecule has 1 saturated carbocycles. The van der Waals surface area contributed by atoms with Crippen LogP contribution in [0.1, 0.15) is 41.8 Å². The van der Waals surface area contributed by atoms with Crippen molar-refractivity contribution in [3.63, 3.8) is 0 Å². The first-order valence-corrected chi connectivity index (χ1v) is 12.5. The fraction of sp³-hybridized carbons (Fsp3) is 0.250. The monoisotopic (exact) mass is 493 g/mol. The molecule has 9 heteroatoms. The number of rotatable bonds is 8. The van der Waals surface area contributed by atoms with Gasteiger partial charge in [-0.1, -0.05) is 48.5 Å². The molecule has 1 aliphatic heterocycles. The molecule has 0 radical (unpaired) electrons. The minimum atomic E-state index is -0.369. The summed E-state index contributed by atoms with van der Waals surface area (Å²) in [6.07, 6.45) is 7.00. The highest BCUT2D eigenvalue weighted by atomic mass is 16.2. The smallest absolute Gasteiger partial charge is 0.254 e. The number of anilines is 1. The predicted octanol–water partition coefficient (Wildman–Crippen LogP) is 3.04. The van der Waals surface area contributed by atoms with E-state index in [0.717, 1.165) is 30.4 Å².